The maximum Gasteiger partial charge on any atom is 0.335 e. The van der Waals surface area contributed by atoms with Gasteiger partial charge in [0.1, 0.15) is 0 Å². The zero-order chi connectivity index (χ0) is 20.2. The predicted molar refractivity (Wildman–Crippen MR) is 96.6 cm³/mol. The first-order chi connectivity index (χ1) is 12.6. The molecule has 8 nitrogen and oxygen atoms in total. The highest BCUT2D eigenvalue weighted by atomic mass is 32.2. The van der Waals surface area contributed by atoms with Gasteiger partial charge in [-0.1, -0.05) is 18.2 Å². The summed E-state index contributed by atoms with van der Waals surface area (Å²) in [5.41, 5.74) is 0.475. The summed E-state index contributed by atoms with van der Waals surface area (Å²) in [6.07, 6.45) is -0.527. The van der Waals surface area contributed by atoms with Gasteiger partial charge in [0.05, 0.1) is 16.9 Å². The average molecular weight is 391 g/mol. The number of ketones is 1. The Balaban J connectivity index is 2.30. The van der Waals surface area contributed by atoms with Gasteiger partial charge < -0.3 is 10.2 Å². The Morgan fingerprint density at radius 1 is 0.963 bits per heavy atom. The fourth-order valence-electron chi connectivity index (χ4n) is 2.35. The third kappa shape index (κ3) is 5.14. The van der Waals surface area contributed by atoms with E-state index >= 15 is 0 Å². The van der Waals surface area contributed by atoms with Gasteiger partial charge in [-0.05, 0) is 36.8 Å². The van der Waals surface area contributed by atoms with E-state index in [1.807, 2.05) is 0 Å². The number of carbonyl (C=O) groups excluding carboxylic acids is 1. The molecule has 2 rings (SSSR count). The van der Waals surface area contributed by atoms with Gasteiger partial charge in [-0.25, -0.2) is 13.2 Å². The number of aromatic carboxylic acids is 1. The lowest BCUT2D eigenvalue weighted by Gasteiger charge is -2.12. The monoisotopic (exact) mass is 391 g/mol. The fourth-order valence-corrected chi connectivity index (χ4v) is 3.67. The average Bonchev–Trinajstić information content (AvgIpc) is 2.59. The Morgan fingerprint density at radius 3 is 2.30 bits per heavy atom. The van der Waals surface area contributed by atoms with Crippen LogP contribution in [-0.4, -0.2) is 36.4 Å². The second kappa shape index (κ2) is 8.00. The molecule has 0 heterocycles. The number of hydrogen-bond donors (Lipinski definition) is 3. The minimum absolute atomic E-state index is 0.108. The summed E-state index contributed by atoms with van der Waals surface area (Å²) >= 11 is 0. The highest BCUT2D eigenvalue weighted by Gasteiger charge is 2.20. The van der Waals surface area contributed by atoms with Gasteiger partial charge >= 0.3 is 11.9 Å². The van der Waals surface area contributed by atoms with Crippen molar-refractivity contribution in [2.75, 3.05) is 4.72 Å². The lowest BCUT2D eigenvalue weighted by Crippen LogP contribution is -2.15. The number of anilines is 1. The molecule has 0 aliphatic carbocycles. The minimum Gasteiger partial charge on any atom is -0.481 e. The molecule has 0 radical (unpaired) electrons. The van der Waals surface area contributed by atoms with Gasteiger partial charge in [0.2, 0.25) is 0 Å². The molecule has 0 aromatic heterocycles. The van der Waals surface area contributed by atoms with E-state index in [9.17, 15) is 22.8 Å². The van der Waals surface area contributed by atoms with Gasteiger partial charge in [-0.15, -0.1) is 0 Å². The van der Waals surface area contributed by atoms with Crippen LogP contribution < -0.4 is 4.72 Å². The van der Waals surface area contributed by atoms with E-state index in [1.165, 1.54) is 43.3 Å². The minimum atomic E-state index is -4.09. The maximum absolute atomic E-state index is 12.6. The Labute approximate surface area is 155 Å². The first-order valence-electron chi connectivity index (χ1n) is 7.82. The Hall–Kier alpha value is -3.20. The first-order valence-corrected chi connectivity index (χ1v) is 9.30. The number of aliphatic carboxylic acids is 1. The van der Waals surface area contributed by atoms with E-state index in [0.29, 0.717) is 5.56 Å². The molecule has 27 heavy (non-hydrogen) atoms. The van der Waals surface area contributed by atoms with Gasteiger partial charge in [0, 0.05) is 17.7 Å². The molecule has 0 saturated carbocycles. The van der Waals surface area contributed by atoms with Crippen LogP contribution in [0, 0.1) is 6.92 Å². The number of carboxylic acids is 2. The van der Waals surface area contributed by atoms with Crippen molar-refractivity contribution in [1.29, 1.82) is 0 Å². The normalized spacial score (nSPS) is 11.0. The number of carboxylic acid groups (broad SMARTS) is 2. The van der Waals surface area contributed by atoms with Crippen molar-refractivity contribution in [2.45, 2.75) is 24.7 Å². The van der Waals surface area contributed by atoms with Crippen molar-refractivity contribution >= 4 is 33.4 Å². The van der Waals surface area contributed by atoms with Crippen LogP contribution in [0.25, 0.3) is 0 Å². The summed E-state index contributed by atoms with van der Waals surface area (Å²) in [5.74, 6) is -2.78. The van der Waals surface area contributed by atoms with Crippen LogP contribution in [0.5, 0.6) is 0 Å². The molecule has 0 atom stereocenters. The number of carbonyl (C=O) groups is 3. The van der Waals surface area contributed by atoms with E-state index in [1.54, 1.807) is 0 Å². The lowest BCUT2D eigenvalue weighted by molar-refractivity contribution is -0.136. The summed E-state index contributed by atoms with van der Waals surface area (Å²) < 4.78 is 27.6. The van der Waals surface area contributed by atoms with Crippen LogP contribution in [-0.2, 0) is 14.8 Å². The smallest absolute Gasteiger partial charge is 0.335 e. The number of hydrogen-bond acceptors (Lipinski definition) is 5. The number of aryl methyl sites for hydroxylation is 1. The van der Waals surface area contributed by atoms with Crippen molar-refractivity contribution in [1.82, 2.24) is 0 Å². The summed E-state index contributed by atoms with van der Waals surface area (Å²) in [6.45, 7) is 1.53. The topological polar surface area (TPSA) is 138 Å². The molecule has 2 aromatic carbocycles. The molecule has 0 fully saturated rings. The van der Waals surface area contributed by atoms with E-state index in [2.05, 4.69) is 4.72 Å². The molecular formula is C18H17NO7S. The number of benzene rings is 2. The number of rotatable bonds is 8. The summed E-state index contributed by atoms with van der Waals surface area (Å²) in [5, 5.41) is 17.7. The molecule has 0 saturated heterocycles. The largest absolute Gasteiger partial charge is 0.481 e. The van der Waals surface area contributed by atoms with Crippen molar-refractivity contribution in [3.63, 3.8) is 0 Å². The van der Waals surface area contributed by atoms with Crippen molar-refractivity contribution in [3.8, 4) is 0 Å². The second-order valence-corrected chi connectivity index (χ2v) is 7.44. The maximum atomic E-state index is 12.6. The van der Waals surface area contributed by atoms with Gasteiger partial charge in [-0.3, -0.25) is 14.3 Å². The first kappa shape index (κ1) is 20.1. The molecule has 0 unspecified atom stereocenters. The van der Waals surface area contributed by atoms with Crippen molar-refractivity contribution in [3.05, 3.63) is 59.2 Å². The second-order valence-electron chi connectivity index (χ2n) is 5.79. The zero-order valence-electron chi connectivity index (χ0n) is 14.3. The van der Waals surface area contributed by atoms with Gasteiger partial charge in [-0.2, -0.15) is 0 Å². The van der Waals surface area contributed by atoms with E-state index in [-0.39, 0.29) is 34.6 Å². The van der Waals surface area contributed by atoms with E-state index in [0.717, 1.165) is 6.07 Å². The van der Waals surface area contributed by atoms with Crippen LogP contribution in [0.4, 0.5) is 5.69 Å². The molecule has 142 valence electrons. The third-order valence-corrected chi connectivity index (χ3v) is 5.25. The molecule has 2 aromatic rings. The van der Waals surface area contributed by atoms with E-state index in [4.69, 9.17) is 10.2 Å². The summed E-state index contributed by atoms with van der Waals surface area (Å²) in [6, 6.07) is 9.41. The predicted octanol–water partition coefficient (Wildman–Crippen LogP) is 2.54. The van der Waals surface area contributed by atoms with Gasteiger partial charge in [0.25, 0.3) is 10.0 Å². The van der Waals surface area contributed by atoms with Crippen LogP contribution in [0.2, 0.25) is 0 Å². The lowest BCUT2D eigenvalue weighted by atomic mass is 10.1. The number of Topliss-reactive ketones (excluding diaryl/α,β-unsaturated/α-hetero) is 1. The van der Waals surface area contributed by atoms with Crippen LogP contribution in [0.3, 0.4) is 0 Å². The molecular weight excluding hydrogens is 374 g/mol. The highest BCUT2D eigenvalue weighted by molar-refractivity contribution is 7.92. The quantitative estimate of drug-likeness (QED) is 0.588. The molecule has 0 spiro atoms. The Kier molecular flexibility index (Phi) is 5.96. The van der Waals surface area contributed by atoms with Crippen molar-refractivity contribution < 1.29 is 33.0 Å². The SMILES string of the molecule is Cc1ccc(C(=O)O)cc1S(=O)(=O)Nc1cccc(C(=O)CCC(=O)O)c1. The molecule has 0 aliphatic rings. The number of sulfonamides is 1. The fraction of sp³-hybridized carbons (Fsp3) is 0.167. The van der Waals surface area contributed by atoms with Crippen LogP contribution in [0.1, 0.15) is 39.1 Å². The Bertz CT molecular complexity index is 1010. The third-order valence-electron chi connectivity index (χ3n) is 3.73. The standard InChI is InChI=1S/C18H17NO7S/c1-11-5-6-13(18(23)24)10-16(11)27(25,26)19-14-4-2-3-12(9-14)15(20)7-8-17(21)22/h2-6,9-10,19H,7-8H2,1H3,(H,21,22)(H,23,24). The molecule has 0 bridgehead atoms. The van der Waals surface area contributed by atoms with E-state index < -0.39 is 27.7 Å². The highest BCUT2D eigenvalue weighted by Crippen LogP contribution is 2.22. The van der Waals surface area contributed by atoms with Crippen LogP contribution in [0.15, 0.2) is 47.4 Å². The summed E-state index contributed by atoms with van der Waals surface area (Å²) in [7, 11) is -4.09. The van der Waals surface area contributed by atoms with Gasteiger partial charge in [0.15, 0.2) is 5.78 Å². The number of nitrogens with one attached hydrogen (secondary N) is 1. The summed E-state index contributed by atoms with van der Waals surface area (Å²) in [4.78, 5) is 33.5. The van der Waals surface area contributed by atoms with Crippen molar-refractivity contribution in [2.24, 2.45) is 0 Å². The Morgan fingerprint density at radius 2 is 1.67 bits per heavy atom. The molecule has 0 amide bonds. The molecule has 9 heteroatoms. The zero-order valence-corrected chi connectivity index (χ0v) is 15.1. The molecule has 0 aliphatic heterocycles. The van der Waals surface area contributed by atoms with Crippen LogP contribution >= 0.6 is 0 Å². The molecule has 3 N–H and O–H groups in total.